The molecule has 3 nitrogen and oxygen atoms in total. The monoisotopic (exact) mass is 265 g/mol. The molecule has 2 rings (SSSR count). The van der Waals surface area contributed by atoms with E-state index in [0.29, 0.717) is 12.2 Å². The number of halogens is 1. The molecule has 5 heteroatoms. The number of nitrogens with one attached hydrogen (secondary N) is 1. The Morgan fingerprint density at radius 2 is 2.22 bits per heavy atom. The van der Waals surface area contributed by atoms with Crippen molar-refractivity contribution in [3.63, 3.8) is 0 Å². The van der Waals surface area contributed by atoms with Crippen LogP contribution in [0.15, 0.2) is 29.6 Å². The quantitative estimate of drug-likeness (QED) is 0.889. The van der Waals surface area contributed by atoms with Crippen molar-refractivity contribution in [2.24, 2.45) is 0 Å². The van der Waals surface area contributed by atoms with E-state index in [9.17, 15) is 9.18 Å². The lowest BCUT2D eigenvalue weighted by molar-refractivity contribution is 0.0692. The minimum atomic E-state index is -1.26. The molecule has 1 heterocycles. The van der Waals surface area contributed by atoms with Gasteiger partial charge in [0.05, 0.1) is 5.56 Å². The molecule has 0 radical (unpaired) electrons. The van der Waals surface area contributed by atoms with Crippen LogP contribution in [0.1, 0.15) is 20.8 Å². The fourth-order valence-electron chi connectivity index (χ4n) is 1.57. The Bertz CT molecular complexity index is 580. The lowest BCUT2D eigenvalue weighted by Crippen LogP contribution is -2.04. The normalized spacial score (nSPS) is 10.3. The number of aromatic carboxylic acids is 1. The molecule has 2 aromatic rings. The average Bonchev–Trinajstić information content (AvgIpc) is 2.73. The zero-order valence-corrected chi connectivity index (χ0v) is 10.6. The highest BCUT2D eigenvalue weighted by molar-refractivity contribution is 7.10. The van der Waals surface area contributed by atoms with E-state index in [1.54, 1.807) is 11.3 Å². The Kier molecular flexibility index (Phi) is 3.62. The molecule has 0 spiro atoms. The molecule has 0 aliphatic rings. The van der Waals surface area contributed by atoms with Crippen LogP contribution in [0.4, 0.5) is 10.1 Å². The van der Waals surface area contributed by atoms with Crippen LogP contribution in [0.3, 0.4) is 0 Å². The third kappa shape index (κ3) is 2.68. The first-order valence-corrected chi connectivity index (χ1v) is 6.25. The summed E-state index contributed by atoms with van der Waals surface area (Å²) in [7, 11) is 0. The van der Waals surface area contributed by atoms with Crippen LogP contribution in [-0.4, -0.2) is 11.1 Å². The lowest BCUT2D eigenvalue weighted by atomic mass is 10.2. The smallest absolute Gasteiger partial charge is 0.338 e. The van der Waals surface area contributed by atoms with Gasteiger partial charge in [-0.05, 0) is 42.1 Å². The molecule has 18 heavy (non-hydrogen) atoms. The van der Waals surface area contributed by atoms with E-state index in [0.717, 1.165) is 6.07 Å². The number of rotatable bonds is 4. The van der Waals surface area contributed by atoms with Gasteiger partial charge in [0, 0.05) is 17.1 Å². The molecule has 0 saturated heterocycles. The SMILES string of the molecule is Cc1ccsc1CNc1ccc(F)c(C(=O)O)c1. The molecule has 0 saturated carbocycles. The number of benzene rings is 1. The van der Waals surface area contributed by atoms with Gasteiger partial charge in [0.2, 0.25) is 0 Å². The maximum Gasteiger partial charge on any atom is 0.338 e. The van der Waals surface area contributed by atoms with Gasteiger partial charge in [-0.1, -0.05) is 0 Å². The van der Waals surface area contributed by atoms with Crippen LogP contribution < -0.4 is 5.32 Å². The maximum absolute atomic E-state index is 13.2. The van der Waals surface area contributed by atoms with Crippen molar-refractivity contribution in [1.29, 1.82) is 0 Å². The first kappa shape index (κ1) is 12.6. The molecule has 0 aliphatic carbocycles. The summed E-state index contributed by atoms with van der Waals surface area (Å²) in [6, 6.07) is 6.02. The van der Waals surface area contributed by atoms with E-state index in [4.69, 9.17) is 5.11 Å². The molecule has 2 N–H and O–H groups in total. The fraction of sp³-hybridized carbons (Fsp3) is 0.154. The summed E-state index contributed by atoms with van der Waals surface area (Å²) >= 11 is 1.63. The molecular formula is C13H12FNO2S. The molecule has 0 amide bonds. The summed E-state index contributed by atoms with van der Waals surface area (Å²) in [6.07, 6.45) is 0. The number of hydrogen-bond acceptors (Lipinski definition) is 3. The largest absolute Gasteiger partial charge is 0.478 e. The Morgan fingerprint density at radius 1 is 1.44 bits per heavy atom. The number of anilines is 1. The van der Waals surface area contributed by atoms with Crippen LogP contribution in [0, 0.1) is 12.7 Å². The van der Waals surface area contributed by atoms with Gasteiger partial charge < -0.3 is 10.4 Å². The number of aryl methyl sites for hydroxylation is 1. The number of thiophene rings is 1. The van der Waals surface area contributed by atoms with E-state index in [2.05, 4.69) is 5.32 Å². The molecule has 1 aromatic heterocycles. The fourth-order valence-corrected chi connectivity index (χ4v) is 2.41. The van der Waals surface area contributed by atoms with Gasteiger partial charge in [0.15, 0.2) is 0 Å². The van der Waals surface area contributed by atoms with Crippen LogP contribution in [0.25, 0.3) is 0 Å². The summed E-state index contributed by atoms with van der Waals surface area (Å²) in [4.78, 5) is 12.0. The highest BCUT2D eigenvalue weighted by Crippen LogP contribution is 2.19. The Labute approximate surface area is 108 Å². The van der Waals surface area contributed by atoms with E-state index in [1.807, 2.05) is 18.4 Å². The van der Waals surface area contributed by atoms with Gasteiger partial charge >= 0.3 is 5.97 Å². The second-order valence-corrected chi connectivity index (χ2v) is 4.88. The highest BCUT2D eigenvalue weighted by Gasteiger charge is 2.10. The zero-order valence-electron chi connectivity index (χ0n) is 9.74. The third-order valence-corrected chi connectivity index (χ3v) is 3.64. The van der Waals surface area contributed by atoms with Crippen molar-refractivity contribution in [2.45, 2.75) is 13.5 Å². The van der Waals surface area contributed by atoms with Gasteiger partial charge in [-0.2, -0.15) is 0 Å². The van der Waals surface area contributed by atoms with Gasteiger partial charge in [-0.25, -0.2) is 9.18 Å². The van der Waals surface area contributed by atoms with Crippen LogP contribution in [0.5, 0.6) is 0 Å². The maximum atomic E-state index is 13.2. The molecule has 0 bridgehead atoms. The van der Waals surface area contributed by atoms with Crippen molar-refractivity contribution in [3.8, 4) is 0 Å². The van der Waals surface area contributed by atoms with Crippen molar-refractivity contribution in [2.75, 3.05) is 5.32 Å². The van der Waals surface area contributed by atoms with Crippen molar-refractivity contribution in [1.82, 2.24) is 0 Å². The predicted octanol–water partition coefficient (Wildman–Crippen LogP) is 3.51. The first-order chi connectivity index (χ1) is 8.58. The Morgan fingerprint density at radius 3 is 2.83 bits per heavy atom. The molecule has 94 valence electrons. The van der Waals surface area contributed by atoms with Crippen LogP contribution >= 0.6 is 11.3 Å². The van der Waals surface area contributed by atoms with E-state index < -0.39 is 11.8 Å². The topological polar surface area (TPSA) is 49.3 Å². The molecule has 0 aliphatic heterocycles. The van der Waals surface area contributed by atoms with Gasteiger partial charge in [0.1, 0.15) is 5.82 Å². The van der Waals surface area contributed by atoms with Gasteiger partial charge in [-0.3, -0.25) is 0 Å². The summed E-state index contributed by atoms with van der Waals surface area (Å²) in [5.41, 5.74) is 1.47. The van der Waals surface area contributed by atoms with E-state index in [1.165, 1.54) is 22.6 Å². The predicted molar refractivity (Wildman–Crippen MR) is 69.7 cm³/mol. The van der Waals surface area contributed by atoms with Crippen molar-refractivity contribution in [3.05, 3.63) is 51.5 Å². The first-order valence-electron chi connectivity index (χ1n) is 5.37. The second-order valence-electron chi connectivity index (χ2n) is 3.88. The second kappa shape index (κ2) is 5.18. The summed E-state index contributed by atoms with van der Waals surface area (Å²) < 4.78 is 13.2. The lowest BCUT2D eigenvalue weighted by Gasteiger charge is -2.07. The molecular weight excluding hydrogens is 253 g/mol. The Hall–Kier alpha value is -1.88. The molecule has 0 fully saturated rings. The zero-order chi connectivity index (χ0) is 13.1. The minimum absolute atomic E-state index is 0.317. The van der Waals surface area contributed by atoms with E-state index >= 15 is 0 Å². The average molecular weight is 265 g/mol. The van der Waals surface area contributed by atoms with Crippen LogP contribution in [0.2, 0.25) is 0 Å². The van der Waals surface area contributed by atoms with E-state index in [-0.39, 0.29) is 5.56 Å². The van der Waals surface area contributed by atoms with Gasteiger partial charge in [-0.15, -0.1) is 11.3 Å². The Balaban J connectivity index is 2.13. The standard InChI is InChI=1S/C13H12FNO2S/c1-8-4-5-18-12(8)7-15-9-2-3-11(14)10(6-9)13(16)17/h2-6,15H,7H2,1H3,(H,16,17). The van der Waals surface area contributed by atoms with Crippen molar-refractivity contribution >= 4 is 23.0 Å². The number of hydrogen-bond donors (Lipinski definition) is 2. The minimum Gasteiger partial charge on any atom is -0.478 e. The molecule has 0 atom stereocenters. The van der Waals surface area contributed by atoms with Gasteiger partial charge in [0.25, 0.3) is 0 Å². The molecule has 0 unspecified atom stereocenters. The molecule has 1 aromatic carbocycles. The van der Waals surface area contributed by atoms with Crippen molar-refractivity contribution < 1.29 is 14.3 Å². The summed E-state index contributed by atoms with van der Waals surface area (Å²) in [6.45, 7) is 2.62. The number of carboxylic acid groups (broad SMARTS) is 1. The summed E-state index contributed by atoms with van der Waals surface area (Å²) in [5.74, 6) is -1.98. The highest BCUT2D eigenvalue weighted by atomic mass is 32.1. The number of carboxylic acids is 1. The third-order valence-electron chi connectivity index (χ3n) is 2.62. The summed E-state index contributed by atoms with van der Waals surface area (Å²) in [5, 5.41) is 13.9. The number of carbonyl (C=O) groups is 1. The van der Waals surface area contributed by atoms with Crippen LogP contribution in [-0.2, 0) is 6.54 Å².